The van der Waals surface area contributed by atoms with Gasteiger partial charge in [0.05, 0.1) is 12.2 Å². The summed E-state index contributed by atoms with van der Waals surface area (Å²) in [5, 5.41) is 2.94. The predicted molar refractivity (Wildman–Crippen MR) is 78.6 cm³/mol. The van der Waals surface area contributed by atoms with Crippen molar-refractivity contribution in [2.75, 3.05) is 19.7 Å². The lowest BCUT2D eigenvalue weighted by Gasteiger charge is -2.52. The molecule has 4 rings (SSSR count). The van der Waals surface area contributed by atoms with Gasteiger partial charge in [-0.2, -0.15) is 0 Å². The highest BCUT2D eigenvalue weighted by Gasteiger charge is 2.49. The Morgan fingerprint density at radius 2 is 1.91 bits per heavy atom. The van der Waals surface area contributed by atoms with Crippen LogP contribution in [0.4, 0.5) is 8.78 Å². The van der Waals surface area contributed by atoms with Crippen LogP contribution < -0.4 is 11.1 Å². The van der Waals surface area contributed by atoms with E-state index >= 15 is 0 Å². The number of halogens is 2. The van der Waals surface area contributed by atoms with Gasteiger partial charge < -0.3 is 15.8 Å². The summed E-state index contributed by atoms with van der Waals surface area (Å²) < 4.78 is 31.5. The fourth-order valence-corrected chi connectivity index (χ4v) is 3.99. The maximum atomic E-state index is 12.7. The third kappa shape index (κ3) is 3.27. The van der Waals surface area contributed by atoms with Crippen LogP contribution in [0.1, 0.15) is 51.4 Å². The SMILES string of the molecule is NCC12CCC(CNC(=O)CCC3CC(F)(F)C3)(CC1)OC2. The molecule has 0 aromatic rings. The van der Waals surface area contributed by atoms with Crippen LogP contribution in [-0.4, -0.2) is 37.1 Å². The molecule has 22 heavy (non-hydrogen) atoms. The number of amides is 1. The van der Waals surface area contributed by atoms with Crippen LogP contribution in [0.15, 0.2) is 0 Å². The van der Waals surface area contributed by atoms with Crippen molar-refractivity contribution in [2.24, 2.45) is 17.1 Å². The predicted octanol–water partition coefficient (Wildman–Crippen LogP) is 2.22. The Balaban J connectivity index is 1.37. The van der Waals surface area contributed by atoms with E-state index < -0.39 is 5.92 Å². The Kier molecular flexibility index (Phi) is 4.18. The average molecular weight is 316 g/mol. The van der Waals surface area contributed by atoms with Crippen molar-refractivity contribution in [3.8, 4) is 0 Å². The molecule has 2 heterocycles. The molecule has 2 saturated heterocycles. The molecule has 6 heteroatoms. The molecule has 126 valence electrons. The normalized spacial score (nSPS) is 36.9. The number of hydrogen-bond acceptors (Lipinski definition) is 3. The first-order valence-corrected chi connectivity index (χ1v) is 8.35. The number of alkyl halides is 2. The van der Waals surface area contributed by atoms with Crippen molar-refractivity contribution < 1.29 is 18.3 Å². The zero-order chi connectivity index (χ0) is 15.8. The van der Waals surface area contributed by atoms with Crippen LogP contribution in [0.25, 0.3) is 0 Å². The van der Waals surface area contributed by atoms with Crippen molar-refractivity contribution >= 4 is 5.91 Å². The molecule has 4 aliphatic rings. The lowest BCUT2D eigenvalue weighted by Crippen LogP contribution is -2.58. The third-order valence-corrected chi connectivity index (χ3v) is 5.90. The molecule has 0 radical (unpaired) electrons. The van der Waals surface area contributed by atoms with E-state index in [1.807, 2.05) is 0 Å². The number of hydrogen-bond donors (Lipinski definition) is 2. The average Bonchev–Trinajstić information content (AvgIpc) is 2.51. The molecule has 2 saturated carbocycles. The van der Waals surface area contributed by atoms with E-state index in [4.69, 9.17) is 10.5 Å². The summed E-state index contributed by atoms with van der Waals surface area (Å²) in [6, 6.07) is 0. The quantitative estimate of drug-likeness (QED) is 0.790. The van der Waals surface area contributed by atoms with Crippen molar-refractivity contribution in [3.05, 3.63) is 0 Å². The van der Waals surface area contributed by atoms with E-state index in [2.05, 4.69) is 5.32 Å². The second kappa shape index (κ2) is 5.71. The Morgan fingerprint density at radius 1 is 1.23 bits per heavy atom. The highest BCUT2D eigenvalue weighted by molar-refractivity contribution is 5.75. The summed E-state index contributed by atoms with van der Waals surface area (Å²) in [7, 11) is 0. The van der Waals surface area contributed by atoms with Crippen LogP contribution in [0.5, 0.6) is 0 Å². The van der Waals surface area contributed by atoms with Crippen LogP contribution in [0.3, 0.4) is 0 Å². The summed E-state index contributed by atoms with van der Waals surface area (Å²) in [5.41, 5.74) is 5.77. The fraction of sp³-hybridized carbons (Fsp3) is 0.938. The summed E-state index contributed by atoms with van der Waals surface area (Å²) in [6.45, 7) is 1.89. The summed E-state index contributed by atoms with van der Waals surface area (Å²) >= 11 is 0. The Morgan fingerprint density at radius 3 is 2.41 bits per heavy atom. The molecule has 0 atom stereocenters. The third-order valence-electron chi connectivity index (χ3n) is 5.90. The molecule has 0 aromatic heterocycles. The molecule has 1 amide bonds. The first-order chi connectivity index (χ1) is 10.4. The number of carbonyl (C=O) groups excluding carboxylic acids is 1. The van der Waals surface area contributed by atoms with Gasteiger partial charge in [0, 0.05) is 37.8 Å². The van der Waals surface area contributed by atoms with Gasteiger partial charge in [-0.3, -0.25) is 4.79 Å². The van der Waals surface area contributed by atoms with Crippen molar-refractivity contribution in [1.29, 1.82) is 0 Å². The Bertz CT molecular complexity index is 409. The minimum Gasteiger partial charge on any atom is -0.373 e. The zero-order valence-corrected chi connectivity index (χ0v) is 13.0. The smallest absolute Gasteiger partial charge is 0.248 e. The lowest BCUT2D eigenvalue weighted by atomic mass is 9.66. The van der Waals surface area contributed by atoms with E-state index in [0.29, 0.717) is 32.5 Å². The van der Waals surface area contributed by atoms with Crippen molar-refractivity contribution in [1.82, 2.24) is 5.32 Å². The van der Waals surface area contributed by atoms with Gasteiger partial charge in [0.15, 0.2) is 0 Å². The van der Waals surface area contributed by atoms with E-state index in [9.17, 15) is 13.6 Å². The largest absolute Gasteiger partial charge is 0.373 e. The molecule has 2 aliphatic carbocycles. The monoisotopic (exact) mass is 316 g/mol. The fourth-order valence-electron chi connectivity index (χ4n) is 3.99. The molecule has 2 bridgehead atoms. The van der Waals surface area contributed by atoms with Gasteiger partial charge in [-0.1, -0.05) is 0 Å². The summed E-state index contributed by atoms with van der Waals surface area (Å²) in [6.07, 6.45) is 4.80. The molecule has 0 unspecified atom stereocenters. The summed E-state index contributed by atoms with van der Waals surface area (Å²) in [5.74, 6) is -2.53. The number of nitrogens with one attached hydrogen (secondary N) is 1. The van der Waals surface area contributed by atoms with Crippen LogP contribution in [0.2, 0.25) is 0 Å². The van der Waals surface area contributed by atoms with Crippen LogP contribution in [-0.2, 0) is 9.53 Å². The minimum absolute atomic E-state index is 0.00435. The van der Waals surface area contributed by atoms with Gasteiger partial charge in [-0.25, -0.2) is 8.78 Å². The molecule has 4 nitrogen and oxygen atoms in total. The lowest BCUT2D eigenvalue weighted by molar-refractivity contribution is -0.178. The first-order valence-electron chi connectivity index (χ1n) is 8.35. The Hall–Kier alpha value is -0.750. The van der Waals surface area contributed by atoms with Gasteiger partial charge in [0.25, 0.3) is 0 Å². The maximum Gasteiger partial charge on any atom is 0.248 e. The first kappa shape index (κ1) is 16.1. The minimum atomic E-state index is -2.49. The van der Waals surface area contributed by atoms with Gasteiger partial charge in [-0.05, 0) is 38.0 Å². The number of fused-ring (bicyclic) bond motifs is 3. The topological polar surface area (TPSA) is 64.3 Å². The number of rotatable bonds is 6. The second-order valence-electron chi connectivity index (χ2n) is 7.62. The Labute approximate surface area is 130 Å². The summed E-state index contributed by atoms with van der Waals surface area (Å²) in [4.78, 5) is 11.9. The van der Waals surface area contributed by atoms with Gasteiger partial charge in [0.1, 0.15) is 0 Å². The second-order valence-corrected chi connectivity index (χ2v) is 7.62. The van der Waals surface area contributed by atoms with E-state index in [1.165, 1.54) is 0 Å². The molecule has 2 aliphatic heterocycles. The number of carbonyl (C=O) groups is 1. The van der Waals surface area contributed by atoms with E-state index in [1.54, 1.807) is 0 Å². The molecule has 3 N–H and O–H groups in total. The van der Waals surface area contributed by atoms with Crippen LogP contribution in [0, 0.1) is 11.3 Å². The molecular weight excluding hydrogens is 290 g/mol. The van der Waals surface area contributed by atoms with Gasteiger partial charge >= 0.3 is 0 Å². The molecular formula is C16H26F2N2O2. The molecule has 0 aromatic carbocycles. The van der Waals surface area contributed by atoms with Crippen molar-refractivity contribution in [2.45, 2.75) is 62.9 Å². The van der Waals surface area contributed by atoms with Gasteiger partial charge in [0.2, 0.25) is 11.8 Å². The van der Waals surface area contributed by atoms with Crippen molar-refractivity contribution in [3.63, 3.8) is 0 Å². The molecule has 4 fully saturated rings. The zero-order valence-electron chi connectivity index (χ0n) is 13.0. The van der Waals surface area contributed by atoms with Gasteiger partial charge in [-0.15, -0.1) is 0 Å². The highest BCUT2D eigenvalue weighted by atomic mass is 19.3. The highest BCUT2D eigenvalue weighted by Crippen LogP contribution is 2.48. The van der Waals surface area contributed by atoms with E-state index in [-0.39, 0.29) is 35.7 Å². The number of nitrogens with two attached hydrogens (primary N) is 1. The van der Waals surface area contributed by atoms with Crippen LogP contribution >= 0.6 is 0 Å². The number of ether oxygens (including phenoxy) is 1. The maximum absolute atomic E-state index is 12.7. The standard InChI is InChI=1S/C16H26F2N2O2/c17-16(18)7-12(8-16)1-2-13(21)20-10-15-5-3-14(9-19,4-6-15)11-22-15/h12H,1-11,19H2,(H,20,21). The van der Waals surface area contributed by atoms with E-state index in [0.717, 1.165) is 25.7 Å². The molecule has 0 spiro atoms.